The largest absolute Gasteiger partial charge is 0.487 e. The molecule has 0 unspecified atom stereocenters. The molecule has 0 aliphatic heterocycles. The fraction of sp³-hybridized carbons (Fsp3) is 0.400. The van der Waals surface area contributed by atoms with Crippen LogP contribution in [0.2, 0.25) is 0 Å². The quantitative estimate of drug-likeness (QED) is 0.878. The lowest BCUT2D eigenvalue weighted by Gasteiger charge is -2.07. The van der Waals surface area contributed by atoms with Gasteiger partial charge in [-0.3, -0.25) is 4.79 Å². The average molecular weight is 288 g/mol. The molecule has 6 nitrogen and oxygen atoms in total. The molecule has 0 fully saturated rings. The summed E-state index contributed by atoms with van der Waals surface area (Å²) < 4.78 is 7.15. The van der Waals surface area contributed by atoms with E-state index < -0.39 is 0 Å². The predicted octanol–water partition coefficient (Wildman–Crippen LogP) is 1.69. The number of amides is 1. The molecule has 112 valence electrons. The zero-order valence-corrected chi connectivity index (χ0v) is 12.5. The molecule has 1 amide bonds. The normalized spacial score (nSPS) is 10.7. The maximum Gasteiger partial charge on any atom is 0.241 e. The van der Waals surface area contributed by atoms with Crippen molar-refractivity contribution < 1.29 is 9.53 Å². The summed E-state index contributed by atoms with van der Waals surface area (Å²) in [6, 6.07) is 7.92. The van der Waals surface area contributed by atoms with Crippen molar-refractivity contribution in [1.82, 2.24) is 20.3 Å². The number of aromatic nitrogens is 3. The average Bonchev–Trinajstić information content (AvgIpc) is 2.83. The molecule has 2 aromatic rings. The first-order valence-electron chi connectivity index (χ1n) is 6.91. The number of nitrogens with one attached hydrogen (secondary N) is 1. The van der Waals surface area contributed by atoms with Crippen molar-refractivity contribution >= 4 is 5.91 Å². The van der Waals surface area contributed by atoms with Crippen molar-refractivity contribution in [2.24, 2.45) is 0 Å². The van der Waals surface area contributed by atoms with Crippen molar-refractivity contribution in [1.29, 1.82) is 0 Å². The van der Waals surface area contributed by atoms with Gasteiger partial charge in [-0.2, -0.15) is 0 Å². The van der Waals surface area contributed by atoms with Crippen molar-refractivity contribution in [2.75, 3.05) is 0 Å². The summed E-state index contributed by atoms with van der Waals surface area (Å²) in [5.41, 5.74) is 1.83. The Morgan fingerprint density at radius 2 is 2.24 bits per heavy atom. The predicted molar refractivity (Wildman–Crippen MR) is 78.8 cm³/mol. The van der Waals surface area contributed by atoms with Crippen LogP contribution in [0, 0.1) is 6.92 Å². The first kappa shape index (κ1) is 15.0. The number of rotatable bonds is 6. The van der Waals surface area contributed by atoms with E-state index in [1.165, 1.54) is 4.68 Å². The fourth-order valence-corrected chi connectivity index (χ4v) is 1.86. The molecule has 0 aliphatic carbocycles. The van der Waals surface area contributed by atoms with Gasteiger partial charge < -0.3 is 10.1 Å². The van der Waals surface area contributed by atoms with Crippen LogP contribution < -0.4 is 10.1 Å². The highest BCUT2D eigenvalue weighted by molar-refractivity contribution is 5.75. The Morgan fingerprint density at radius 3 is 2.95 bits per heavy atom. The molecular weight excluding hydrogens is 268 g/mol. The van der Waals surface area contributed by atoms with Crippen LogP contribution >= 0.6 is 0 Å². The van der Waals surface area contributed by atoms with Crippen LogP contribution in [-0.4, -0.2) is 26.9 Å². The summed E-state index contributed by atoms with van der Waals surface area (Å²) in [5.74, 6) is 0.711. The number of ether oxygens (including phenoxy) is 1. The van der Waals surface area contributed by atoms with Crippen molar-refractivity contribution in [3.63, 3.8) is 0 Å². The Bertz CT molecular complexity index is 607. The molecule has 0 bridgehead atoms. The second-order valence-electron chi connectivity index (χ2n) is 5.23. The molecule has 1 aromatic heterocycles. The Balaban J connectivity index is 1.87. The second-order valence-corrected chi connectivity index (χ2v) is 5.23. The Hall–Kier alpha value is -2.37. The molecule has 21 heavy (non-hydrogen) atoms. The van der Waals surface area contributed by atoms with Crippen LogP contribution in [0.4, 0.5) is 0 Å². The third-order valence-electron chi connectivity index (χ3n) is 2.72. The molecule has 1 N–H and O–H groups in total. The lowest BCUT2D eigenvalue weighted by molar-refractivity contribution is -0.122. The summed E-state index contributed by atoms with van der Waals surface area (Å²) >= 11 is 0. The first-order chi connectivity index (χ1) is 10.0. The molecule has 0 radical (unpaired) electrons. The lowest BCUT2D eigenvalue weighted by Crippen LogP contribution is -2.33. The van der Waals surface area contributed by atoms with Crippen molar-refractivity contribution in [2.45, 2.75) is 40.0 Å². The highest BCUT2D eigenvalue weighted by Crippen LogP contribution is 2.13. The summed E-state index contributed by atoms with van der Waals surface area (Å²) in [4.78, 5) is 11.6. The summed E-state index contributed by atoms with van der Waals surface area (Å²) in [5, 5.41) is 10.7. The number of aryl methyl sites for hydroxylation is 1. The minimum atomic E-state index is -0.0824. The maximum atomic E-state index is 11.6. The number of carbonyl (C=O) groups excluding carboxylic acids is 1. The van der Waals surface area contributed by atoms with Gasteiger partial charge in [0, 0.05) is 6.04 Å². The molecule has 1 heterocycles. The van der Waals surface area contributed by atoms with E-state index in [0.717, 1.165) is 11.3 Å². The molecular formula is C15H20N4O2. The van der Waals surface area contributed by atoms with Gasteiger partial charge in [0.2, 0.25) is 5.91 Å². The Labute approximate surface area is 124 Å². The monoisotopic (exact) mass is 288 g/mol. The van der Waals surface area contributed by atoms with Gasteiger partial charge in [-0.25, -0.2) is 4.68 Å². The fourth-order valence-electron chi connectivity index (χ4n) is 1.86. The molecule has 0 saturated carbocycles. The zero-order chi connectivity index (χ0) is 15.2. The molecule has 0 saturated heterocycles. The standard InChI is InChI=1S/C15H20N4O2/c1-11(2)16-15(20)9-19-8-13(17-18-19)10-21-14-6-4-5-12(3)7-14/h4-8,11H,9-10H2,1-3H3,(H,16,20). The highest BCUT2D eigenvalue weighted by Gasteiger charge is 2.07. The van der Waals surface area contributed by atoms with Gasteiger partial charge >= 0.3 is 0 Å². The van der Waals surface area contributed by atoms with E-state index in [1.54, 1.807) is 6.20 Å². The molecule has 0 spiro atoms. The Morgan fingerprint density at radius 1 is 1.43 bits per heavy atom. The smallest absolute Gasteiger partial charge is 0.241 e. The number of hydrogen-bond donors (Lipinski definition) is 1. The van der Waals surface area contributed by atoms with Gasteiger partial charge in [-0.15, -0.1) is 5.10 Å². The summed E-state index contributed by atoms with van der Waals surface area (Å²) in [7, 11) is 0. The van der Waals surface area contributed by atoms with Gasteiger partial charge in [-0.05, 0) is 38.5 Å². The zero-order valence-electron chi connectivity index (χ0n) is 12.5. The number of carbonyl (C=O) groups is 1. The van der Waals surface area contributed by atoms with Gasteiger partial charge in [0.1, 0.15) is 24.6 Å². The van der Waals surface area contributed by atoms with Crippen LogP contribution in [0.15, 0.2) is 30.5 Å². The van der Waals surface area contributed by atoms with Crippen LogP contribution in [0.3, 0.4) is 0 Å². The SMILES string of the molecule is Cc1cccc(OCc2cn(CC(=O)NC(C)C)nn2)c1. The summed E-state index contributed by atoms with van der Waals surface area (Å²) in [6.45, 7) is 6.34. The van der Waals surface area contributed by atoms with Gasteiger partial charge in [0.05, 0.1) is 6.20 Å². The van der Waals surface area contributed by atoms with E-state index in [9.17, 15) is 4.79 Å². The molecule has 0 atom stereocenters. The number of hydrogen-bond acceptors (Lipinski definition) is 4. The minimum Gasteiger partial charge on any atom is -0.487 e. The number of nitrogens with zero attached hydrogens (tertiary/aromatic N) is 3. The van der Waals surface area contributed by atoms with Gasteiger partial charge in [0.25, 0.3) is 0 Å². The minimum absolute atomic E-state index is 0.0824. The summed E-state index contributed by atoms with van der Waals surface area (Å²) in [6.07, 6.45) is 1.72. The van der Waals surface area contributed by atoms with E-state index >= 15 is 0 Å². The molecule has 2 rings (SSSR count). The third-order valence-corrected chi connectivity index (χ3v) is 2.72. The van der Waals surface area contributed by atoms with Crippen LogP contribution in [0.25, 0.3) is 0 Å². The Kier molecular flexibility index (Phi) is 4.92. The number of benzene rings is 1. The highest BCUT2D eigenvalue weighted by atomic mass is 16.5. The van der Waals surface area contributed by atoms with Crippen LogP contribution in [0.1, 0.15) is 25.1 Å². The molecule has 0 aliphatic rings. The van der Waals surface area contributed by atoms with Gasteiger partial charge in [0.15, 0.2) is 0 Å². The van der Waals surface area contributed by atoms with E-state index in [4.69, 9.17) is 4.74 Å². The second kappa shape index (κ2) is 6.88. The van der Waals surface area contributed by atoms with E-state index in [1.807, 2.05) is 45.0 Å². The topological polar surface area (TPSA) is 69.0 Å². The third kappa shape index (κ3) is 4.91. The van der Waals surface area contributed by atoms with E-state index in [-0.39, 0.29) is 18.5 Å². The van der Waals surface area contributed by atoms with Gasteiger partial charge in [-0.1, -0.05) is 17.3 Å². The van der Waals surface area contributed by atoms with E-state index in [2.05, 4.69) is 15.6 Å². The van der Waals surface area contributed by atoms with Crippen LogP contribution in [-0.2, 0) is 17.9 Å². The first-order valence-corrected chi connectivity index (χ1v) is 6.91. The van der Waals surface area contributed by atoms with E-state index in [0.29, 0.717) is 12.3 Å². The lowest BCUT2D eigenvalue weighted by atomic mass is 10.2. The maximum absolute atomic E-state index is 11.6. The molecule has 1 aromatic carbocycles. The molecule has 6 heteroatoms. The van der Waals surface area contributed by atoms with Crippen molar-refractivity contribution in [3.8, 4) is 5.75 Å². The van der Waals surface area contributed by atoms with Crippen molar-refractivity contribution in [3.05, 3.63) is 41.7 Å². The van der Waals surface area contributed by atoms with Crippen LogP contribution in [0.5, 0.6) is 5.75 Å².